The molecule has 2 aromatic heterocycles. The maximum Gasteiger partial charge on any atom is 0.264 e. The van der Waals surface area contributed by atoms with E-state index in [0.29, 0.717) is 110 Å². The number of anilines is 1. The van der Waals surface area contributed by atoms with E-state index in [0.717, 1.165) is 31.2 Å². The summed E-state index contributed by atoms with van der Waals surface area (Å²) >= 11 is 12.4. The summed E-state index contributed by atoms with van der Waals surface area (Å²) in [6, 6.07) is 12.9. The van der Waals surface area contributed by atoms with E-state index in [9.17, 15) is 10.1 Å². The fourth-order valence-electron chi connectivity index (χ4n) is 11.3. The molecule has 2 aromatic carbocycles. The van der Waals surface area contributed by atoms with Crippen LogP contribution in [0.4, 0.5) is 5.82 Å². The lowest BCUT2D eigenvalue weighted by Gasteiger charge is -2.54. The van der Waals surface area contributed by atoms with Crippen LogP contribution < -0.4 is 15.2 Å². The largest absolute Gasteiger partial charge is 0.493 e. The molecular formula is C49H63Cl2N7O3. The van der Waals surface area contributed by atoms with E-state index in [1.54, 1.807) is 31.4 Å². The minimum atomic E-state index is -0.297. The van der Waals surface area contributed by atoms with Gasteiger partial charge in [-0.05, 0) is 122 Å². The number of likely N-dealkylation sites (tertiary alicyclic amines) is 1. The number of fused-ring (bicyclic) bond motifs is 1. The predicted molar refractivity (Wildman–Crippen MR) is 245 cm³/mol. The Bertz CT molecular complexity index is 2270. The Kier molecular flexibility index (Phi) is 13.6. The number of halogens is 2. The third kappa shape index (κ3) is 9.11. The Morgan fingerprint density at radius 3 is 2.21 bits per heavy atom. The van der Waals surface area contributed by atoms with Gasteiger partial charge in [-0.25, -0.2) is 14.6 Å². The molecule has 0 spiro atoms. The van der Waals surface area contributed by atoms with Gasteiger partial charge in [0.2, 0.25) is 0 Å². The number of methoxy groups -OCH3 is 1. The third-order valence-corrected chi connectivity index (χ3v) is 15.3. The highest BCUT2D eigenvalue weighted by molar-refractivity contribution is 6.42. The molecule has 7 atom stereocenters. The molecule has 7 unspecified atom stereocenters. The number of nitrogens with zero attached hydrogens (tertiary/aromatic N) is 6. The first-order chi connectivity index (χ1) is 29.1. The maximum atomic E-state index is 14.8. The molecule has 7 rings (SSSR count). The van der Waals surface area contributed by atoms with Crippen LogP contribution in [0.5, 0.6) is 17.2 Å². The molecule has 2 aliphatic carbocycles. The van der Waals surface area contributed by atoms with Crippen LogP contribution in [0.2, 0.25) is 10.0 Å². The lowest BCUT2D eigenvalue weighted by atomic mass is 9.50. The number of hydrogen-bond donors (Lipinski definition) is 1. The molecule has 4 aromatic rings. The molecule has 3 fully saturated rings. The summed E-state index contributed by atoms with van der Waals surface area (Å²) in [7, 11) is 1.58. The van der Waals surface area contributed by atoms with Gasteiger partial charge in [-0.3, -0.25) is 4.79 Å². The van der Waals surface area contributed by atoms with Gasteiger partial charge in [-0.1, -0.05) is 90.6 Å². The van der Waals surface area contributed by atoms with Crippen LogP contribution in [0.3, 0.4) is 0 Å². The smallest absolute Gasteiger partial charge is 0.264 e. The van der Waals surface area contributed by atoms with E-state index in [1.165, 1.54) is 32.0 Å². The molecule has 3 aliphatic rings. The number of nitrogen functional groups attached to an aromatic ring is 1. The van der Waals surface area contributed by atoms with Gasteiger partial charge in [0.15, 0.2) is 17.1 Å². The van der Waals surface area contributed by atoms with Gasteiger partial charge in [0, 0.05) is 24.7 Å². The highest BCUT2D eigenvalue weighted by atomic mass is 35.5. The van der Waals surface area contributed by atoms with Crippen molar-refractivity contribution in [3.63, 3.8) is 0 Å². The molecule has 1 aliphatic heterocycles. The second-order valence-electron chi connectivity index (χ2n) is 19.2. The van der Waals surface area contributed by atoms with Crippen molar-refractivity contribution < 1.29 is 14.3 Å². The fourth-order valence-corrected chi connectivity index (χ4v) is 11.6. The molecule has 1 saturated heterocycles. The van der Waals surface area contributed by atoms with Crippen molar-refractivity contribution in [2.45, 2.75) is 106 Å². The van der Waals surface area contributed by atoms with E-state index in [1.807, 2.05) is 21.7 Å². The monoisotopic (exact) mass is 867 g/mol. The Hall–Kier alpha value is -4.33. The molecule has 10 nitrogen and oxygen atoms in total. The van der Waals surface area contributed by atoms with Crippen molar-refractivity contribution in [2.24, 2.45) is 52.8 Å². The number of rotatable bonds is 11. The van der Waals surface area contributed by atoms with Crippen LogP contribution >= 0.6 is 23.2 Å². The zero-order valence-electron chi connectivity index (χ0n) is 37.1. The average molecular weight is 869 g/mol. The second kappa shape index (κ2) is 18.6. The van der Waals surface area contributed by atoms with Crippen molar-refractivity contribution in [3.8, 4) is 34.6 Å². The number of carbonyl (C=O) groups excluding carboxylic acids is 1. The Morgan fingerprint density at radius 1 is 0.934 bits per heavy atom. The number of aromatic nitrogens is 4. The van der Waals surface area contributed by atoms with Crippen molar-refractivity contribution in [3.05, 3.63) is 64.4 Å². The van der Waals surface area contributed by atoms with Gasteiger partial charge < -0.3 is 20.1 Å². The van der Waals surface area contributed by atoms with Crippen molar-refractivity contribution >= 4 is 46.0 Å². The first-order valence-corrected chi connectivity index (χ1v) is 23.1. The van der Waals surface area contributed by atoms with E-state index >= 15 is 0 Å². The van der Waals surface area contributed by atoms with Gasteiger partial charge in [0.1, 0.15) is 35.2 Å². The highest BCUT2D eigenvalue weighted by Gasteiger charge is 2.50. The fraction of sp³-hybridized carbons (Fsp3) is 0.571. The SMILES string of the molecule is COc1cc(-c2nn(C3CCCN(C(=O)C(C#N)=CC(C)(C4CC(C)CCC4C(C)C)C4CC(C)CCC4C(C)C)C3)c3ncnc(N)c23)ccc1Oc1ccc(Cl)c(Cl)c1. The summed E-state index contributed by atoms with van der Waals surface area (Å²) in [5, 5.41) is 17.5. The standard InChI is InChI=1S/C49H63Cl2N7O3/c1-28(2)36-15-11-30(5)20-38(36)49(7,39-21-31(6)12-16-37(39)29(3)4)24-33(25-52)48(59)57-19-9-10-34(26-57)58-47-44(46(53)54-27-55-47)45(56-58)32-13-18-42(43(22-32)60-8)61-35-14-17-40(50)41(51)23-35/h13-14,17-18,22-24,27-31,34,36-39H,9-12,15-16,19-21,26H2,1-8H3,(H2,53,54,55). The van der Waals surface area contributed by atoms with Crippen LogP contribution in [-0.2, 0) is 4.79 Å². The molecule has 2 saturated carbocycles. The molecule has 1 amide bonds. The second-order valence-corrected chi connectivity index (χ2v) is 20.1. The lowest BCUT2D eigenvalue weighted by Crippen LogP contribution is -2.48. The first kappa shape index (κ1) is 44.7. The highest BCUT2D eigenvalue weighted by Crippen LogP contribution is 2.58. The van der Waals surface area contributed by atoms with E-state index in [-0.39, 0.29) is 22.9 Å². The van der Waals surface area contributed by atoms with E-state index < -0.39 is 0 Å². The number of benzene rings is 2. The van der Waals surface area contributed by atoms with E-state index in [2.05, 4.69) is 70.6 Å². The number of hydrogen-bond acceptors (Lipinski definition) is 8. The molecule has 0 radical (unpaired) electrons. The summed E-state index contributed by atoms with van der Waals surface area (Å²) in [6.07, 6.45) is 12.3. The maximum absolute atomic E-state index is 14.8. The van der Waals surface area contributed by atoms with Crippen LogP contribution in [-0.4, -0.2) is 50.8 Å². The molecular weight excluding hydrogens is 805 g/mol. The predicted octanol–water partition coefficient (Wildman–Crippen LogP) is 12.2. The molecule has 61 heavy (non-hydrogen) atoms. The number of amides is 1. The molecule has 2 N–H and O–H groups in total. The van der Waals surface area contributed by atoms with Gasteiger partial charge in [0.25, 0.3) is 5.91 Å². The van der Waals surface area contributed by atoms with Crippen molar-refractivity contribution in [2.75, 3.05) is 25.9 Å². The van der Waals surface area contributed by atoms with Crippen LogP contribution in [0, 0.1) is 64.1 Å². The number of ether oxygens (including phenoxy) is 2. The van der Waals surface area contributed by atoms with Gasteiger partial charge in [-0.15, -0.1) is 0 Å². The Labute approximate surface area is 372 Å². The van der Waals surface area contributed by atoms with Gasteiger partial charge in [0.05, 0.1) is 28.6 Å². The number of nitrogens with two attached hydrogens (primary N) is 1. The molecule has 326 valence electrons. The number of piperidine rings is 1. The van der Waals surface area contributed by atoms with Crippen molar-refractivity contribution in [1.82, 2.24) is 24.6 Å². The Balaban J connectivity index is 1.22. The average Bonchev–Trinajstić information content (AvgIpc) is 3.64. The quantitative estimate of drug-likeness (QED) is 0.116. The summed E-state index contributed by atoms with van der Waals surface area (Å²) in [6.45, 7) is 17.6. The van der Waals surface area contributed by atoms with E-state index in [4.69, 9.17) is 43.5 Å². The van der Waals surface area contributed by atoms with Gasteiger partial charge >= 0.3 is 0 Å². The topological polar surface area (TPSA) is 132 Å². The molecule has 3 heterocycles. The number of allylic oxidation sites excluding steroid dienone is 1. The lowest BCUT2D eigenvalue weighted by molar-refractivity contribution is -0.128. The van der Waals surface area contributed by atoms with Crippen LogP contribution in [0.25, 0.3) is 22.3 Å². The summed E-state index contributed by atoms with van der Waals surface area (Å²) in [4.78, 5) is 25.7. The van der Waals surface area contributed by atoms with Gasteiger partial charge in [-0.2, -0.15) is 10.4 Å². The summed E-state index contributed by atoms with van der Waals surface area (Å²) in [5.41, 5.74) is 8.44. The zero-order chi connectivity index (χ0) is 43.7. The first-order valence-electron chi connectivity index (χ1n) is 22.4. The molecule has 0 bridgehead atoms. The molecule has 12 heteroatoms. The van der Waals surface area contributed by atoms with Crippen LogP contribution in [0.15, 0.2) is 54.4 Å². The minimum Gasteiger partial charge on any atom is -0.493 e. The Morgan fingerprint density at radius 2 is 1.61 bits per heavy atom. The summed E-state index contributed by atoms with van der Waals surface area (Å²) in [5.74, 6) is 5.73. The minimum absolute atomic E-state index is 0.193. The third-order valence-electron chi connectivity index (χ3n) is 14.6. The normalized spacial score (nSPS) is 26.0. The van der Waals surface area contributed by atoms with Crippen LogP contribution in [0.1, 0.15) is 106 Å². The number of nitriles is 1. The zero-order valence-corrected chi connectivity index (χ0v) is 38.6. The summed E-state index contributed by atoms with van der Waals surface area (Å²) < 4.78 is 13.8. The number of carbonyl (C=O) groups is 1. The van der Waals surface area contributed by atoms with Crippen molar-refractivity contribution in [1.29, 1.82) is 5.26 Å².